The van der Waals surface area contributed by atoms with Crippen LogP contribution in [0, 0.1) is 0 Å². The number of hydrogen-bond acceptors (Lipinski definition) is 5. The lowest BCUT2D eigenvalue weighted by Crippen LogP contribution is -2.09. The lowest BCUT2D eigenvalue weighted by molar-refractivity contribution is 1.29. The van der Waals surface area contributed by atoms with E-state index in [1.54, 1.807) is 11.3 Å². The van der Waals surface area contributed by atoms with Crippen molar-refractivity contribution in [3.63, 3.8) is 0 Å². The second-order valence-corrected chi connectivity index (χ2v) is 16.7. The van der Waals surface area contributed by atoms with E-state index in [2.05, 4.69) is 187 Å². The predicted octanol–water partition coefficient (Wildman–Crippen LogP) is 15.5. The summed E-state index contributed by atoms with van der Waals surface area (Å²) in [6.45, 7) is 0. The molecule has 11 aromatic rings. The van der Waals surface area contributed by atoms with Crippen molar-refractivity contribution in [3.8, 4) is 32.8 Å². The molecule has 5 heteroatoms. The number of rotatable bonds is 6. The topological polar surface area (TPSA) is 16.1 Å². The molecule has 8 aromatic carbocycles. The predicted molar refractivity (Wildman–Crippen MR) is 236 cm³/mol. The third-order valence-corrected chi connectivity index (χ3v) is 13.7. The highest BCUT2D eigenvalue weighted by molar-refractivity contribution is 7.27. The van der Waals surface area contributed by atoms with Gasteiger partial charge in [0.1, 0.15) is 5.01 Å². The molecule has 0 N–H and O–H groups in total. The molecule has 0 aliphatic rings. The first-order valence-corrected chi connectivity index (χ1v) is 20.5. The average Bonchev–Trinajstić information content (AvgIpc) is 3.95. The Balaban J connectivity index is 1.04. The van der Waals surface area contributed by atoms with E-state index in [0.717, 1.165) is 33.1 Å². The molecule has 0 radical (unpaired) electrons. The zero-order valence-corrected chi connectivity index (χ0v) is 31.4. The zero-order valence-electron chi connectivity index (χ0n) is 28.9. The second-order valence-electron chi connectivity index (χ2n) is 13.5. The molecule has 0 unspecified atom stereocenters. The number of nitrogens with zero attached hydrogens (tertiary/aromatic N) is 2. The minimum atomic E-state index is 1.06. The number of thiazole rings is 1. The van der Waals surface area contributed by atoms with Gasteiger partial charge in [0.15, 0.2) is 0 Å². The fourth-order valence-electron chi connectivity index (χ4n) is 7.77. The molecule has 0 aliphatic carbocycles. The van der Waals surface area contributed by atoms with Crippen molar-refractivity contribution >= 4 is 102 Å². The van der Waals surface area contributed by atoms with E-state index >= 15 is 0 Å². The van der Waals surface area contributed by atoms with Gasteiger partial charge < -0.3 is 4.90 Å². The molecule has 0 saturated carbocycles. The summed E-state index contributed by atoms with van der Waals surface area (Å²) in [6.07, 6.45) is 0. The fourth-order valence-corrected chi connectivity index (χ4v) is 11.0. The van der Waals surface area contributed by atoms with Gasteiger partial charge in [0, 0.05) is 63.0 Å². The van der Waals surface area contributed by atoms with Gasteiger partial charge in [0.2, 0.25) is 0 Å². The highest BCUT2D eigenvalue weighted by Crippen LogP contribution is 2.45. The maximum Gasteiger partial charge on any atom is 0.124 e. The highest BCUT2D eigenvalue weighted by atomic mass is 32.1. The van der Waals surface area contributed by atoms with Crippen LogP contribution in [0.15, 0.2) is 182 Å². The largest absolute Gasteiger partial charge is 0.310 e. The van der Waals surface area contributed by atoms with Crippen molar-refractivity contribution in [2.45, 2.75) is 0 Å². The smallest absolute Gasteiger partial charge is 0.124 e. The van der Waals surface area contributed by atoms with Gasteiger partial charge in [-0.05, 0) is 82.9 Å². The van der Waals surface area contributed by atoms with E-state index in [4.69, 9.17) is 4.98 Å². The lowest BCUT2D eigenvalue weighted by atomic mass is 9.99. The van der Waals surface area contributed by atoms with Gasteiger partial charge >= 0.3 is 0 Å². The van der Waals surface area contributed by atoms with Crippen LogP contribution < -0.4 is 4.90 Å². The van der Waals surface area contributed by atoms with Crippen LogP contribution in [0.25, 0.3) is 83.4 Å². The van der Waals surface area contributed by atoms with Crippen LogP contribution in [0.3, 0.4) is 0 Å². The molecular formula is C49H30N2S3. The van der Waals surface area contributed by atoms with Gasteiger partial charge in [0.25, 0.3) is 0 Å². The van der Waals surface area contributed by atoms with Crippen molar-refractivity contribution in [1.82, 2.24) is 4.98 Å². The summed E-state index contributed by atoms with van der Waals surface area (Å²) in [4.78, 5) is 7.58. The molecular weight excluding hydrogens is 713 g/mol. The number of fused-ring (bicyclic) bond motifs is 8. The maximum absolute atomic E-state index is 5.20. The first-order chi connectivity index (χ1) is 26.7. The Kier molecular flexibility index (Phi) is 7.44. The maximum atomic E-state index is 5.20. The van der Waals surface area contributed by atoms with Crippen LogP contribution in [0.2, 0.25) is 0 Å². The summed E-state index contributed by atoms with van der Waals surface area (Å²) in [6, 6.07) is 66.0. The zero-order chi connectivity index (χ0) is 35.6. The van der Waals surface area contributed by atoms with E-state index in [-0.39, 0.29) is 0 Å². The summed E-state index contributed by atoms with van der Waals surface area (Å²) in [5.41, 5.74) is 10.5. The van der Waals surface area contributed by atoms with E-state index in [1.165, 1.54) is 67.3 Å². The van der Waals surface area contributed by atoms with Gasteiger partial charge in [0.05, 0.1) is 10.2 Å². The molecule has 0 bridgehead atoms. The average molecular weight is 743 g/mol. The van der Waals surface area contributed by atoms with Crippen LogP contribution in [-0.4, -0.2) is 4.98 Å². The van der Waals surface area contributed by atoms with Gasteiger partial charge in [-0.2, -0.15) is 0 Å². The molecule has 0 spiro atoms. The Labute approximate surface area is 324 Å². The van der Waals surface area contributed by atoms with Gasteiger partial charge in [-0.25, -0.2) is 4.98 Å². The van der Waals surface area contributed by atoms with Crippen molar-refractivity contribution in [2.75, 3.05) is 4.90 Å². The Morgan fingerprint density at radius 3 is 1.70 bits per heavy atom. The number of thiophene rings is 2. The highest BCUT2D eigenvalue weighted by Gasteiger charge is 2.19. The minimum Gasteiger partial charge on any atom is -0.310 e. The summed E-state index contributed by atoms with van der Waals surface area (Å²) in [7, 11) is 0. The third-order valence-electron chi connectivity index (χ3n) is 10.3. The van der Waals surface area contributed by atoms with Crippen LogP contribution in [-0.2, 0) is 0 Å². The molecule has 0 aliphatic heterocycles. The molecule has 0 saturated heterocycles. The molecule has 0 atom stereocenters. The van der Waals surface area contributed by atoms with Crippen molar-refractivity contribution in [1.29, 1.82) is 0 Å². The number of anilines is 3. The van der Waals surface area contributed by atoms with Gasteiger partial charge in [-0.3, -0.25) is 0 Å². The second kappa shape index (κ2) is 12.8. The SMILES string of the molecule is c1ccc(-c2ccc(N(c3ccc(-c4cccc5sc6ccccc6c45)cc3)c3ccc4c(c3)sc3ccc5sc(-c6ccccc6)nc5c34)cc2)cc1. The Morgan fingerprint density at radius 1 is 0.352 bits per heavy atom. The monoisotopic (exact) mass is 742 g/mol. The summed E-state index contributed by atoms with van der Waals surface area (Å²) in [5, 5.41) is 6.21. The molecule has 254 valence electrons. The molecule has 11 rings (SSSR count). The summed E-state index contributed by atoms with van der Waals surface area (Å²) >= 11 is 5.48. The summed E-state index contributed by atoms with van der Waals surface area (Å²) in [5.74, 6) is 0. The number of hydrogen-bond donors (Lipinski definition) is 0. The molecule has 0 amide bonds. The third kappa shape index (κ3) is 5.24. The Morgan fingerprint density at radius 2 is 0.926 bits per heavy atom. The molecule has 2 nitrogen and oxygen atoms in total. The first-order valence-electron chi connectivity index (χ1n) is 18.0. The summed E-state index contributed by atoms with van der Waals surface area (Å²) < 4.78 is 6.38. The quantitative estimate of drug-likeness (QED) is 0.169. The van der Waals surface area contributed by atoms with Crippen LogP contribution >= 0.6 is 34.0 Å². The molecule has 54 heavy (non-hydrogen) atoms. The van der Waals surface area contributed by atoms with Crippen molar-refractivity contribution in [3.05, 3.63) is 182 Å². The van der Waals surface area contributed by atoms with E-state index < -0.39 is 0 Å². The number of aromatic nitrogens is 1. The van der Waals surface area contributed by atoms with Crippen molar-refractivity contribution < 1.29 is 0 Å². The van der Waals surface area contributed by atoms with Gasteiger partial charge in [-0.15, -0.1) is 34.0 Å². The van der Waals surface area contributed by atoms with E-state index in [0.29, 0.717) is 0 Å². The van der Waals surface area contributed by atoms with Crippen LogP contribution in [0.4, 0.5) is 17.1 Å². The van der Waals surface area contributed by atoms with Crippen molar-refractivity contribution in [2.24, 2.45) is 0 Å². The first kappa shape index (κ1) is 31.4. The Bertz CT molecular complexity index is 3140. The van der Waals surface area contributed by atoms with Gasteiger partial charge in [-0.1, -0.05) is 121 Å². The van der Waals surface area contributed by atoms with Crippen LogP contribution in [0.5, 0.6) is 0 Å². The van der Waals surface area contributed by atoms with E-state index in [1.807, 2.05) is 22.7 Å². The normalized spacial score (nSPS) is 11.7. The standard InChI is InChI=1S/C49H30N2S3/c1-3-10-31(11-4-1)32-18-22-35(23-19-32)51(36-24-20-33(21-25-36)38-15-9-17-42-46(38)39-14-7-8-16-41(39)52-42)37-26-27-40-45(30-37)53-43-28-29-44-48(47(40)43)50-49(54-44)34-12-5-2-6-13-34/h1-30H. The molecule has 3 heterocycles. The molecule has 0 fully saturated rings. The molecule has 3 aromatic heterocycles. The van der Waals surface area contributed by atoms with E-state index in [9.17, 15) is 0 Å². The minimum absolute atomic E-state index is 1.06. The van der Waals surface area contributed by atoms with Crippen LogP contribution in [0.1, 0.15) is 0 Å². The Hall–Kier alpha value is -6.11. The fraction of sp³-hybridized carbons (Fsp3) is 0. The lowest BCUT2D eigenvalue weighted by Gasteiger charge is -2.26. The number of benzene rings is 8.